The first kappa shape index (κ1) is 19.8. The highest BCUT2D eigenvalue weighted by atomic mass is 35.5. The van der Waals surface area contributed by atoms with Gasteiger partial charge in [-0.1, -0.05) is 32.0 Å². The third kappa shape index (κ3) is 5.23. The van der Waals surface area contributed by atoms with E-state index in [0.29, 0.717) is 29.9 Å². The van der Waals surface area contributed by atoms with Crippen molar-refractivity contribution in [3.8, 4) is 0 Å². The molecule has 0 atom stereocenters. The van der Waals surface area contributed by atoms with Crippen molar-refractivity contribution in [1.82, 2.24) is 9.78 Å². The number of rotatable bonds is 8. The molecule has 2 rings (SSSR count). The Morgan fingerprint density at radius 2 is 2.15 bits per heavy atom. The van der Waals surface area contributed by atoms with Crippen LogP contribution in [0.15, 0.2) is 59.5 Å². The van der Waals surface area contributed by atoms with Crippen molar-refractivity contribution in [2.75, 3.05) is 6.61 Å². The SMILES string of the molecule is C=C(Cn1ncc2cc(C(=O)O)ccc21)/C(=C\C=C(/C)Cl)OCC(C)C. The number of carbonyl (C=O) groups is 1. The highest BCUT2D eigenvalue weighted by Crippen LogP contribution is 2.20. The number of hydrogen-bond acceptors (Lipinski definition) is 3. The molecule has 0 amide bonds. The highest BCUT2D eigenvalue weighted by molar-refractivity contribution is 6.29. The van der Waals surface area contributed by atoms with Gasteiger partial charge >= 0.3 is 5.97 Å². The molecular weight excluding hydrogens is 352 g/mol. The summed E-state index contributed by atoms with van der Waals surface area (Å²) in [5.41, 5.74) is 1.83. The van der Waals surface area contributed by atoms with E-state index in [2.05, 4.69) is 25.5 Å². The first-order valence-electron chi connectivity index (χ1n) is 8.31. The Bertz CT molecular complexity index is 874. The van der Waals surface area contributed by atoms with E-state index in [4.69, 9.17) is 21.4 Å². The Labute approximate surface area is 158 Å². The summed E-state index contributed by atoms with van der Waals surface area (Å²) in [6, 6.07) is 4.92. The average molecular weight is 375 g/mol. The Morgan fingerprint density at radius 3 is 2.77 bits per heavy atom. The minimum atomic E-state index is -0.959. The molecule has 0 aliphatic carbocycles. The number of carboxylic acid groups (broad SMARTS) is 1. The van der Waals surface area contributed by atoms with E-state index in [9.17, 15) is 4.79 Å². The van der Waals surface area contributed by atoms with Crippen LogP contribution in [-0.2, 0) is 11.3 Å². The molecule has 6 heteroatoms. The van der Waals surface area contributed by atoms with Gasteiger partial charge in [0.2, 0.25) is 0 Å². The maximum Gasteiger partial charge on any atom is 0.335 e. The van der Waals surface area contributed by atoms with Crippen molar-refractivity contribution in [2.24, 2.45) is 5.92 Å². The van der Waals surface area contributed by atoms with Crippen LogP contribution in [0.2, 0.25) is 0 Å². The number of hydrogen-bond donors (Lipinski definition) is 1. The fourth-order valence-electron chi connectivity index (χ4n) is 2.32. The lowest BCUT2D eigenvalue weighted by Gasteiger charge is -2.15. The molecule has 1 aromatic heterocycles. The predicted octanol–water partition coefficient (Wildman–Crippen LogP) is 4.99. The number of ether oxygens (including phenoxy) is 1. The van der Waals surface area contributed by atoms with Gasteiger partial charge < -0.3 is 9.84 Å². The van der Waals surface area contributed by atoms with Crippen LogP contribution in [-0.4, -0.2) is 27.5 Å². The van der Waals surface area contributed by atoms with Crippen molar-refractivity contribution in [3.63, 3.8) is 0 Å². The molecule has 1 heterocycles. The summed E-state index contributed by atoms with van der Waals surface area (Å²) in [6.07, 6.45) is 5.22. The van der Waals surface area contributed by atoms with Crippen LogP contribution >= 0.6 is 11.6 Å². The lowest BCUT2D eigenvalue weighted by atomic mass is 10.1. The van der Waals surface area contributed by atoms with Gasteiger partial charge in [-0.25, -0.2) is 4.79 Å². The van der Waals surface area contributed by atoms with Crippen molar-refractivity contribution >= 4 is 28.5 Å². The molecule has 0 saturated carbocycles. The summed E-state index contributed by atoms with van der Waals surface area (Å²) in [4.78, 5) is 11.1. The van der Waals surface area contributed by atoms with Crippen LogP contribution in [0.25, 0.3) is 10.9 Å². The first-order chi connectivity index (χ1) is 12.3. The summed E-state index contributed by atoms with van der Waals surface area (Å²) in [6.45, 7) is 11.1. The van der Waals surface area contributed by atoms with Crippen molar-refractivity contribution in [2.45, 2.75) is 27.3 Å². The Morgan fingerprint density at radius 1 is 1.42 bits per heavy atom. The maximum absolute atomic E-state index is 11.1. The molecule has 5 nitrogen and oxygen atoms in total. The topological polar surface area (TPSA) is 64.4 Å². The molecule has 1 aromatic carbocycles. The van der Waals surface area contributed by atoms with Gasteiger partial charge in [0.25, 0.3) is 0 Å². The van der Waals surface area contributed by atoms with Gasteiger partial charge in [-0.2, -0.15) is 5.10 Å². The Kier molecular flexibility index (Phi) is 6.64. The molecule has 1 N–H and O–H groups in total. The van der Waals surface area contributed by atoms with Crippen LogP contribution in [0.3, 0.4) is 0 Å². The number of aromatic nitrogens is 2. The zero-order valence-electron chi connectivity index (χ0n) is 15.2. The Hall–Kier alpha value is -2.53. The minimum absolute atomic E-state index is 0.236. The zero-order chi connectivity index (χ0) is 19.3. The van der Waals surface area contributed by atoms with Gasteiger partial charge in [0, 0.05) is 16.0 Å². The van der Waals surface area contributed by atoms with Crippen LogP contribution in [0, 0.1) is 5.92 Å². The summed E-state index contributed by atoms with van der Waals surface area (Å²) in [7, 11) is 0. The molecule has 0 bridgehead atoms. The number of allylic oxidation sites excluding steroid dienone is 4. The van der Waals surface area contributed by atoms with Gasteiger partial charge in [-0.3, -0.25) is 4.68 Å². The molecule has 2 aromatic rings. The van der Waals surface area contributed by atoms with Crippen LogP contribution in [0.1, 0.15) is 31.1 Å². The summed E-state index contributed by atoms with van der Waals surface area (Å²) in [5, 5.41) is 14.9. The molecule has 0 aliphatic heterocycles. The van der Waals surface area contributed by atoms with E-state index in [1.54, 1.807) is 48.2 Å². The highest BCUT2D eigenvalue weighted by Gasteiger charge is 2.11. The van der Waals surface area contributed by atoms with Crippen LogP contribution in [0.5, 0.6) is 0 Å². The zero-order valence-corrected chi connectivity index (χ0v) is 16.0. The molecule has 0 aliphatic rings. The first-order valence-corrected chi connectivity index (χ1v) is 8.69. The fraction of sp³-hybridized carbons (Fsp3) is 0.300. The molecule has 138 valence electrons. The molecule has 26 heavy (non-hydrogen) atoms. The molecule has 0 saturated heterocycles. The quantitative estimate of drug-likeness (QED) is 0.522. The lowest BCUT2D eigenvalue weighted by molar-refractivity contribution is 0.0697. The van der Waals surface area contributed by atoms with Crippen molar-refractivity contribution in [1.29, 1.82) is 0 Å². The van der Waals surface area contributed by atoms with Crippen molar-refractivity contribution < 1.29 is 14.6 Å². The van der Waals surface area contributed by atoms with E-state index >= 15 is 0 Å². The Balaban J connectivity index is 2.25. The predicted molar refractivity (Wildman–Crippen MR) is 104 cm³/mol. The minimum Gasteiger partial charge on any atom is -0.493 e. The van der Waals surface area contributed by atoms with Gasteiger partial charge in [0.05, 0.1) is 30.4 Å². The average Bonchev–Trinajstić information content (AvgIpc) is 2.96. The standard InChI is InChI=1S/C20H23ClN2O3/c1-13(2)12-26-19(8-5-15(4)21)14(3)11-23-18-7-6-16(20(24)25)9-17(18)10-22-23/h5-10,13H,3,11-12H2,1-2,4H3,(H,24,25)/b15-5+,19-8+. The van der Waals surface area contributed by atoms with E-state index < -0.39 is 5.97 Å². The van der Waals surface area contributed by atoms with Gasteiger partial charge in [0.15, 0.2) is 0 Å². The van der Waals surface area contributed by atoms with Crippen LogP contribution < -0.4 is 0 Å². The van der Waals surface area contributed by atoms with Gasteiger partial charge in [-0.15, -0.1) is 0 Å². The number of aromatic carboxylic acids is 1. The number of nitrogens with zero attached hydrogens (tertiary/aromatic N) is 2. The van der Waals surface area contributed by atoms with E-state index in [-0.39, 0.29) is 5.56 Å². The van der Waals surface area contributed by atoms with Crippen LogP contribution in [0.4, 0.5) is 0 Å². The molecular formula is C20H23ClN2O3. The number of benzene rings is 1. The largest absolute Gasteiger partial charge is 0.493 e. The second kappa shape index (κ2) is 8.72. The van der Waals surface area contributed by atoms with E-state index in [1.807, 2.05) is 0 Å². The third-order valence-corrected chi connectivity index (χ3v) is 3.74. The molecule has 0 radical (unpaired) electrons. The van der Waals surface area contributed by atoms with Gasteiger partial charge in [0.1, 0.15) is 5.76 Å². The molecule has 0 spiro atoms. The second-order valence-corrected chi connectivity index (χ2v) is 7.07. The lowest BCUT2D eigenvalue weighted by Crippen LogP contribution is -2.09. The number of carboxylic acids is 1. The van der Waals surface area contributed by atoms with E-state index in [0.717, 1.165) is 16.5 Å². The summed E-state index contributed by atoms with van der Waals surface area (Å²) < 4.78 is 7.64. The normalized spacial score (nSPS) is 12.7. The second-order valence-electron chi connectivity index (χ2n) is 6.47. The third-order valence-electron chi connectivity index (χ3n) is 3.61. The molecule has 0 unspecified atom stereocenters. The monoisotopic (exact) mass is 374 g/mol. The molecule has 0 fully saturated rings. The number of halogens is 1. The van der Waals surface area contributed by atoms with Crippen molar-refractivity contribution in [3.05, 3.63) is 65.1 Å². The summed E-state index contributed by atoms with van der Waals surface area (Å²) >= 11 is 5.92. The fourth-order valence-corrected chi connectivity index (χ4v) is 2.38. The smallest absolute Gasteiger partial charge is 0.335 e. The summed E-state index contributed by atoms with van der Waals surface area (Å²) in [5.74, 6) is 0.0800. The van der Waals surface area contributed by atoms with E-state index in [1.165, 1.54) is 0 Å². The van der Waals surface area contributed by atoms with Gasteiger partial charge in [-0.05, 0) is 43.2 Å². The number of fused-ring (bicyclic) bond motifs is 1. The maximum atomic E-state index is 11.1.